The number of aliphatic carboxylic acids is 1. The van der Waals surface area contributed by atoms with Gasteiger partial charge in [0.1, 0.15) is 0 Å². The van der Waals surface area contributed by atoms with Gasteiger partial charge in [-0.15, -0.1) is 0 Å². The first-order valence-electron chi connectivity index (χ1n) is 5.62. The van der Waals surface area contributed by atoms with E-state index in [2.05, 4.69) is 0 Å². The van der Waals surface area contributed by atoms with Crippen molar-refractivity contribution in [2.24, 2.45) is 0 Å². The predicted molar refractivity (Wildman–Crippen MR) is 66.1 cm³/mol. The molecule has 0 amide bonds. The fourth-order valence-corrected chi connectivity index (χ4v) is 1.77. The zero-order chi connectivity index (χ0) is 13.7. The van der Waals surface area contributed by atoms with Crippen LogP contribution in [-0.2, 0) is 4.79 Å². The van der Waals surface area contributed by atoms with Crippen LogP contribution in [0.1, 0.15) is 30.1 Å². The third-order valence-corrected chi connectivity index (χ3v) is 2.76. The van der Waals surface area contributed by atoms with Gasteiger partial charge in [0, 0.05) is 6.42 Å². The molecule has 1 rings (SSSR count). The van der Waals surface area contributed by atoms with Crippen LogP contribution in [0.2, 0.25) is 0 Å². The number of ether oxygens (including phenoxy) is 2. The molecule has 0 bridgehead atoms. The summed E-state index contributed by atoms with van der Waals surface area (Å²) in [6.07, 6.45) is -0.721. The van der Waals surface area contributed by atoms with Gasteiger partial charge in [0.2, 0.25) is 0 Å². The molecule has 0 aliphatic rings. The van der Waals surface area contributed by atoms with E-state index < -0.39 is 12.1 Å². The van der Waals surface area contributed by atoms with E-state index >= 15 is 0 Å². The lowest BCUT2D eigenvalue weighted by Gasteiger charge is -2.16. The Morgan fingerprint density at radius 3 is 2.33 bits per heavy atom. The van der Waals surface area contributed by atoms with Crippen molar-refractivity contribution in [2.45, 2.75) is 25.9 Å². The lowest BCUT2D eigenvalue weighted by Crippen LogP contribution is -2.05. The number of aliphatic hydroxyl groups is 1. The van der Waals surface area contributed by atoms with Crippen LogP contribution >= 0.6 is 0 Å². The zero-order valence-corrected chi connectivity index (χ0v) is 10.8. The van der Waals surface area contributed by atoms with Crippen LogP contribution in [-0.4, -0.2) is 30.4 Å². The van der Waals surface area contributed by atoms with Crippen molar-refractivity contribution in [2.75, 3.05) is 14.2 Å². The highest BCUT2D eigenvalue weighted by atomic mass is 16.5. The summed E-state index contributed by atoms with van der Waals surface area (Å²) in [5, 5.41) is 18.6. The normalized spacial score (nSPS) is 12.0. The molecule has 0 spiro atoms. The molecule has 0 aliphatic heterocycles. The minimum absolute atomic E-state index is 0.0745. The van der Waals surface area contributed by atoms with E-state index in [1.54, 1.807) is 12.1 Å². The third kappa shape index (κ3) is 3.37. The first-order valence-corrected chi connectivity index (χ1v) is 5.62. The summed E-state index contributed by atoms with van der Waals surface area (Å²) in [6.45, 7) is 1.83. The Morgan fingerprint density at radius 1 is 1.28 bits per heavy atom. The van der Waals surface area contributed by atoms with E-state index in [9.17, 15) is 9.90 Å². The Kier molecular flexibility index (Phi) is 4.97. The van der Waals surface area contributed by atoms with Gasteiger partial charge in [0.25, 0.3) is 0 Å². The van der Waals surface area contributed by atoms with E-state index in [1.807, 2.05) is 6.92 Å². The van der Waals surface area contributed by atoms with E-state index in [0.29, 0.717) is 17.1 Å². The minimum atomic E-state index is -0.924. The molecule has 5 nitrogen and oxygen atoms in total. The molecule has 1 aromatic rings. The average Bonchev–Trinajstić information content (AvgIpc) is 2.35. The van der Waals surface area contributed by atoms with Crippen LogP contribution in [0.15, 0.2) is 12.1 Å². The molecule has 0 saturated heterocycles. The van der Waals surface area contributed by atoms with Crippen LogP contribution < -0.4 is 9.47 Å². The number of methoxy groups -OCH3 is 2. The molecule has 0 fully saturated rings. The summed E-state index contributed by atoms with van der Waals surface area (Å²) < 4.78 is 10.3. The Bertz CT molecular complexity index is 428. The summed E-state index contributed by atoms with van der Waals surface area (Å²) in [7, 11) is 3.05. The standard InChI is InChI=1S/C13H18O5/c1-8-6-11(17-2)12(18-3)7-9(8)10(14)4-5-13(15)16/h6-7,10,14H,4-5H2,1-3H3,(H,15,16). The first kappa shape index (κ1) is 14.3. The average molecular weight is 254 g/mol. The second kappa shape index (κ2) is 6.26. The van der Waals surface area contributed by atoms with Gasteiger partial charge in [-0.25, -0.2) is 0 Å². The maximum atomic E-state index is 10.5. The van der Waals surface area contributed by atoms with Gasteiger partial charge in [-0.05, 0) is 36.6 Å². The van der Waals surface area contributed by atoms with Gasteiger partial charge in [-0.2, -0.15) is 0 Å². The summed E-state index contributed by atoms with van der Waals surface area (Å²) >= 11 is 0. The number of carboxylic acid groups (broad SMARTS) is 1. The summed E-state index contributed by atoms with van der Waals surface area (Å²) in [4.78, 5) is 10.5. The summed E-state index contributed by atoms with van der Waals surface area (Å²) in [6, 6.07) is 3.44. The Balaban J connectivity index is 2.97. The topological polar surface area (TPSA) is 76.0 Å². The van der Waals surface area contributed by atoms with Crippen molar-refractivity contribution < 1.29 is 24.5 Å². The highest BCUT2D eigenvalue weighted by molar-refractivity contribution is 5.66. The van der Waals surface area contributed by atoms with Crippen molar-refractivity contribution in [1.29, 1.82) is 0 Å². The highest BCUT2D eigenvalue weighted by Crippen LogP contribution is 2.34. The molecular formula is C13H18O5. The number of benzene rings is 1. The number of hydrogen-bond acceptors (Lipinski definition) is 4. The predicted octanol–water partition coefficient (Wildman–Crippen LogP) is 1.91. The van der Waals surface area contributed by atoms with Crippen molar-refractivity contribution in [3.05, 3.63) is 23.3 Å². The summed E-state index contributed by atoms with van der Waals surface area (Å²) in [5.41, 5.74) is 1.50. The molecule has 1 atom stereocenters. The van der Waals surface area contributed by atoms with Crippen molar-refractivity contribution in [3.63, 3.8) is 0 Å². The first-order chi connectivity index (χ1) is 8.49. The second-order valence-electron chi connectivity index (χ2n) is 4.01. The molecular weight excluding hydrogens is 236 g/mol. The molecule has 1 aromatic carbocycles. The molecule has 100 valence electrons. The number of aryl methyl sites for hydroxylation is 1. The number of rotatable bonds is 6. The van der Waals surface area contributed by atoms with E-state index in [4.69, 9.17) is 14.6 Å². The fraction of sp³-hybridized carbons (Fsp3) is 0.462. The monoisotopic (exact) mass is 254 g/mol. The van der Waals surface area contributed by atoms with Crippen LogP contribution in [0, 0.1) is 6.92 Å². The molecule has 2 N–H and O–H groups in total. The lowest BCUT2D eigenvalue weighted by molar-refractivity contribution is -0.137. The molecule has 0 radical (unpaired) electrons. The lowest BCUT2D eigenvalue weighted by atomic mass is 9.99. The van der Waals surface area contributed by atoms with E-state index in [-0.39, 0.29) is 12.8 Å². The van der Waals surface area contributed by atoms with Gasteiger partial charge >= 0.3 is 5.97 Å². The van der Waals surface area contributed by atoms with E-state index in [1.165, 1.54) is 14.2 Å². The number of aliphatic hydroxyl groups excluding tert-OH is 1. The zero-order valence-electron chi connectivity index (χ0n) is 10.8. The number of carbonyl (C=O) groups is 1. The molecule has 18 heavy (non-hydrogen) atoms. The molecule has 5 heteroatoms. The van der Waals surface area contributed by atoms with Gasteiger partial charge in [0.15, 0.2) is 11.5 Å². The van der Waals surface area contributed by atoms with Crippen LogP contribution in [0.5, 0.6) is 11.5 Å². The quantitative estimate of drug-likeness (QED) is 0.811. The molecule has 0 saturated carbocycles. The van der Waals surface area contributed by atoms with Crippen molar-refractivity contribution >= 4 is 5.97 Å². The Morgan fingerprint density at radius 2 is 1.83 bits per heavy atom. The van der Waals surface area contributed by atoms with Crippen LogP contribution in [0.25, 0.3) is 0 Å². The molecule has 0 heterocycles. The van der Waals surface area contributed by atoms with Gasteiger partial charge < -0.3 is 19.7 Å². The number of carboxylic acids is 1. The SMILES string of the molecule is COc1cc(C)c(C(O)CCC(=O)O)cc1OC. The fourth-order valence-electron chi connectivity index (χ4n) is 1.77. The maximum Gasteiger partial charge on any atom is 0.303 e. The Hall–Kier alpha value is -1.75. The maximum absolute atomic E-state index is 10.5. The molecule has 0 aromatic heterocycles. The van der Waals surface area contributed by atoms with Gasteiger partial charge in [-0.3, -0.25) is 4.79 Å². The van der Waals surface area contributed by atoms with Gasteiger partial charge in [0.05, 0.1) is 20.3 Å². The van der Waals surface area contributed by atoms with Crippen molar-refractivity contribution in [1.82, 2.24) is 0 Å². The summed E-state index contributed by atoms with van der Waals surface area (Å²) in [5.74, 6) is 0.184. The smallest absolute Gasteiger partial charge is 0.303 e. The minimum Gasteiger partial charge on any atom is -0.493 e. The second-order valence-corrected chi connectivity index (χ2v) is 4.01. The van der Waals surface area contributed by atoms with Crippen LogP contribution in [0.3, 0.4) is 0 Å². The largest absolute Gasteiger partial charge is 0.493 e. The van der Waals surface area contributed by atoms with Crippen molar-refractivity contribution in [3.8, 4) is 11.5 Å². The van der Waals surface area contributed by atoms with Gasteiger partial charge in [-0.1, -0.05) is 0 Å². The third-order valence-electron chi connectivity index (χ3n) is 2.76. The van der Waals surface area contributed by atoms with Crippen LogP contribution in [0.4, 0.5) is 0 Å². The molecule has 1 unspecified atom stereocenters. The highest BCUT2D eigenvalue weighted by Gasteiger charge is 2.16. The van der Waals surface area contributed by atoms with E-state index in [0.717, 1.165) is 5.56 Å². The Labute approximate surface area is 106 Å². The number of hydrogen-bond donors (Lipinski definition) is 2. The molecule has 0 aliphatic carbocycles.